The van der Waals surface area contributed by atoms with E-state index in [4.69, 9.17) is 21.3 Å². The highest BCUT2D eigenvalue weighted by Gasteiger charge is 2.50. The molecule has 43 heavy (non-hydrogen) atoms. The second-order valence-corrected chi connectivity index (χ2v) is 10.2. The molecule has 0 atom stereocenters. The van der Waals surface area contributed by atoms with E-state index in [9.17, 15) is 13.2 Å². The first-order valence-electron chi connectivity index (χ1n) is 16.2. The number of nitrogens with two attached hydrogens (primary N) is 2. The third-order valence-corrected chi connectivity index (χ3v) is 5.43. The Bertz CT molecular complexity index is 796. The van der Waals surface area contributed by atoms with Crippen LogP contribution in [0.2, 0.25) is 0 Å². The SMILES string of the molecule is C1CCC1.CCC.CCC.CCC.CCCC.CCc1ccccc1COCc1ccc(C(N)(N)C(F)(F)F)cc1.CO. The van der Waals surface area contributed by atoms with Crippen molar-refractivity contribution in [3.8, 4) is 0 Å². The molecule has 0 bridgehead atoms. The fraction of sp³-hybridized carbons (Fsp3) is 0.667. The molecule has 0 saturated heterocycles. The number of alkyl halides is 3. The number of unbranched alkanes of at least 4 members (excludes halogenated alkanes) is 1. The second-order valence-electron chi connectivity index (χ2n) is 10.2. The van der Waals surface area contributed by atoms with E-state index in [2.05, 4.69) is 62.3 Å². The van der Waals surface area contributed by atoms with Gasteiger partial charge in [-0.1, -0.05) is 169 Å². The number of hydrogen-bond acceptors (Lipinski definition) is 4. The summed E-state index contributed by atoms with van der Waals surface area (Å²) in [5, 5.41) is 7.00. The molecule has 4 nitrogen and oxygen atoms in total. The van der Waals surface area contributed by atoms with Crippen molar-refractivity contribution in [1.29, 1.82) is 0 Å². The smallest absolute Gasteiger partial charge is 0.400 e. The first-order valence-corrected chi connectivity index (χ1v) is 16.2. The van der Waals surface area contributed by atoms with Crippen molar-refractivity contribution in [3.05, 3.63) is 70.8 Å². The van der Waals surface area contributed by atoms with Gasteiger partial charge in [-0.05, 0) is 28.7 Å². The molecule has 2 aromatic rings. The molecule has 0 amide bonds. The summed E-state index contributed by atoms with van der Waals surface area (Å²) in [6.07, 6.45) is 8.59. The Morgan fingerprint density at radius 2 is 1.00 bits per heavy atom. The summed E-state index contributed by atoms with van der Waals surface area (Å²) in [4.78, 5) is 0. The number of hydrogen-bond donors (Lipinski definition) is 3. The van der Waals surface area contributed by atoms with Crippen molar-refractivity contribution in [3.63, 3.8) is 0 Å². The van der Waals surface area contributed by atoms with Crippen LogP contribution < -0.4 is 11.5 Å². The van der Waals surface area contributed by atoms with Gasteiger partial charge >= 0.3 is 6.18 Å². The molecule has 2 aromatic carbocycles. The molecule has 0 unspecified atom stereocenters. The van der Waals surface area contributed by atoms with Crippen molar-refractivity contribution < 1.29 is 23.0 Å². The van der Waals surface area contributed by atoms with Gasteiger partial charge in [0.25, 0.3) is 0 Å². The number of rotatable bonds is 7. The molecule has 0 spiro atoms. The zero-order chi connectivity index (χ0) is 34.2. The average Bonchev–Trinajstić information content (AvgIpc) is 2.95. The molecule has 254 valence electrons. The molecular formula is C36H67F3N2O2. The van der Waals surface area contributed by atoms with Crippen LogP contribution in [0.25, 0.3) is 0 Å². The maximum absolute atomic E-state index is 12.8. The van der Waals surface area contributed by atoms with E-state index in [0.717, 1.165) is 24.7 Å². The molecule has 1 saturated carbocycles. The number of ether oxygens (including phenoxy) is 1. The van der Waals surface area contributed by atoms with Gasteiger partial charge in [-0.15, -0.1) is 0 Å². The highest BCUT2D eigenvalue weighted by atomic mass is 19.4. The van der Waals surface area contributed by atoms with E-state index < -0.39 is 11.8 Å². The molecule has 1 aliphatic rings. The molecule has 5 N–H and O–H groups in total. The van der Waals surface area contributed by atoms with Crippen molar-refractivity contribution in [2.45, 2.75) is 152 Å². The molecule has 0 heterocycles. The first kappa shape index (κ1) is 48.0. The first-order chi connectivity index (χ1) is 20.4. The lowest BCUT2D eigenvalue weighted by Crippen LogP contribution is -2.57. The van der Waals surface area contributed by atoms with Gasteiger partial charge in [0.2, 0.25) is 0 Å². The van der Waals surface area contributed by atoms with E-state index in [1.165, 1.54) is 75.5 Å². The van der Waals surface area contributed by atoms with Crippen LogP contribution in [0.15, 0.2) is 48.5 Å². The van der Waals surface area contributed by atoms with Gasteiger partial charge in [-0.2, -0.15) is 13.2 Å². The van der Waals surface area contributed by atoms with E-state index in [-0.39, 0.29) is 5.56 Å². The Morgan fingerprint density at radius 1 is 0.628 bits per heavy atom. The van der Waals surface area contributed by atoms with Crippen LogP contribution in [0.4, 0.5) is 13.2 Å². The summed E-state index contributed by atoms with van der Waals surface area (Å²) in [5.74, 6) is 0. The van der Waals surface area contributed by atoms with Crippen molar-refractivity contribution >= 4 is 0 Å². The lowest BCUT2D eigenvalue weighted by atomic mass is 9.99. The van der Waals surface area contributed by atoms with Crippen LogP contribution >= 0.6 is 0 Å². The van der Waals surface area contributed by atoms with Crippen LogP contribution in [0, 0.1) is 0 Å². The molecule has 0 aliphatic heterocycles. The van der Waals surface area contributed by atoms with Gasteiger partial charge in [0.05, 0.1) is 13.2 Å². The van der Waals surface area contributed by atoms with E-state index in [0.29, 0.717) is 13.2 Å². The number of benzene rings is 2. The van der Waals surface area contributed by atoms with E-state index in [1.54, 1.807) is 12.1 Å². The predicted molar refractivity (Wildman–Crippen MR) is 182 cm³/mol. The molecular weight excluding hydrogens is 549 g/mol. The Kier molecular flexibility index (Phi) is 36.8. The Balaban J connectivity index is -0.000000326. The molecule has 0 radical (unpaired) electrons. The van der Waals surface area contributed by atoms with Crippen LogP contribution in [0.3, 0.4) is 0 Å². The largest absolute Gasteiger partial charge is 0.423 e. The fourth-order valence-corrected chi connectivity index (χ4v) is 2.61. The minimum Gasteiger partial charge on any atom is -0.400 e. The van der Waals surface area contributed by atoms with Crippen LogP contribution in [-0.4, -0.2) is 18.4 Å². The fourth-order valence-electron chi connectivity index (χ4n) is 2.61. The highest BCUT2D eigenvalue weighted by Crippen LogP contribution is 2.32. The summed E-state index contributed by atoms with van der Waals surface area (Å²) in [6.45, 7) is 19.9. The van der Waals surface area contributed by atoms with Gasteiger partial charge in [-0.25, -0.2) is 0 Å². The number of aliphatic hydroxyl groups excluding tert-OH is 1. The Morgan fingerprint density at radius 3 is 1.30 bits per heavy atom. The number of aryl methyl sites for hydroxylation is 1. The zero-order valence-corrected chi connectivity index (χ0v) is 29.2. The molecule has 0 aromatic heterocycles. The maximum atomic E-state index is 12.8. The Hall–Kier alpha value is -1.93. The summed E-state index contributed by atoms with van der Waals surface area (Å²) in [6, 6.07) is 13.6. The van der Waals surface area contributed by atoms with Gasteiger partial charge in [0.1, 0.15) is 0 Å². The van der Waals surface area contributed by atoms with Gasteiger partial charge in [0.15, 0.2) is 5.66 Å². The monoisotopic (exact) mass is 617 g/mol. The molecule has 7 heteroatoms. The number of halogens is 3. The minimum atomic E-state index is -4.71. The van der Waals surface area contributed by atoms with Gasteiger partial charge in [-0.3, -0.25) is 0 Å². The zero-order valence-electron chi connectivity index (χ0n) is 29.2. The summed E-state index contributed by atoms with van der Waals surface area (Å²) in [5.41, 5.74) is 10.4. The van der Waals surface area contributed by atoms with Gasteiger partial charge < -0.3 is 21.3 Å². The average molecular weight is 617 g/mol. The van der Waals surface area contributed by atoms with Crippen molar-refractivity contribution in [2.75, 3.05) is 7.11 Å². The second kappa shape index (κ2) is 33.0. The molecule has 1 fully saturated rings. The van der Waals surface area contributed by atoms with Crippen molar-refractivity contribution in [2.24, 2.45) is 11.5 Å². The number of aliphatic hydroxyl groups is 1. The quantitative estimate of drug-likeness (QED) is 0.270. The standard InChI is InChI=1S/C18H21F3N2O.C4H8.C4H10.3C3H8.CH4O/c1-2-14-5-3-4-6-15(14)12-24-11-13-7-9-16(10-8-13)17(22,23)18(19,20)21;1-2-4-3-1;1-3-4-2;3*1-3-2;1-2/h3-10H,2,11-12,22-23H2,1H3;1-4H2;3-4H2,1-2H3;3*3H2,1-2H3;2H,1H3. The third-order valence-electron chi connectivity index (χ3n) is 5.43. The predicted octanol–water partition coefficient (Wildman–Crippen LogP) is 10.8. The summed E-state index contributed by atoms with van der Waals surface area (Å²) in [7, 11) is 1.00. The maximum Gasteiger partial charge on any atom is 0.423 e. The summed E-state index contributed by atoms with van der Waals surface area (Å²) < 4.78 is 44.1. The van der Waals surface area contributed by atoms with E-state index in [1.807, 2.05) is 24.3 Å². The third kappa shape index (κ3) is 26.2. The van der Waals surface area contributed by atoms with Crippen molar-refractivity contribution in [1.82, 2.24) is 0 Å². The topological polar surface area (TPSA) is 81.5 Å². The Labute approximate surface area is 263 Å². The molecule has 1 aliphatic carbocycles. The van der Waals surface area contributed by atoms with Crippen LogP contribution in [0.1, 0.15) is 142 Å². The van der Waals surface area contributed by atoms with Crippen LogP contribution in [-0.2, 0) is 30.0 Å². The minimum absolute atomic E-state index is 0.185. The highest BCUT2D eigenvalue weighted by molar-refractivity contribution is 5.29. The summed E-state index contributed by atoms with van der Waals surface area (Å²) >= 11 is 0. The lowest BCUT2D eigenvalue weighted by molar-refractivity contribution is -0.188. The van der Waals surface area contributed by atoms with E-state index >= 15 is 0 Å². The van der Waals surface area contributed by atoms with Gasteiger partial charge in [0, 0.05) is 7.11 Å². The lowest BCUT2D eigenvalue weighted by Gasteiger charge is -2.27. The normalized spacial score (nSPS) is 11.3. The van der Waals surface area contributed by atoms with Crippen LogP contribution in [0.5, 0.6) is 0 Å². The molecule has 3 rings (SSSR count).